The first kappa shape index (κ1) is 14.3. The fourth-order valence-electron chi connectivity index (χ4n) is 1.53. The van der Waals surface area contributed by atoms with Crippen LogP contribution in [0, 0.1) is 10.1 Å². The molecule has 15 heavy (non-hydrogen) atoms. The molecule has 0 amide bonds. The fourth-order valence-corrected chi connectivity index (χ4v) is 1.53. The molecule has 3 unspecified atom stereocenters. The molecule has 0 spiro atoms. The van der Waals surface area contributed by atoms with Gasteiger partial charge in [-0.15, -0.1) is 0 Å². The van der Waals surface area contributed by atoms with Crippen LogP contribution in [0.15, 0.2) is 0 Å². The predicted octanol–water partition coefficient (Wildman–Crippen LogP) is 1.34. The number of nitrogens with zero attached hydrogens (tertiary/aromatic N) is 1. The zero-order valence-electron chi connectivity index (χ0n) is 9.43. The van der Waals surface area contributed by atoms with Crippen LogP contribution in [0.4, 0.5) is 0 Å². The minimum atomic E-state index is -1.04. The summed E-state index contributed by atoms with van der Waals surface area (Å²) in [6.45, 7) is 3.53. The molecule has 0 aromatic rings. The first-order valence-corrected chi connectivity index (χ1v) is 5.48. The van der Waals surface area contributed by atoms with Gasteiger partial charge in [-0.2, -0.15) is 0 Å². The van der Waals surface area contributed by atoms with Crippen LogP contribution in [0.1, 0.15) is 46.0 Å². The van der Waals surface area contributed by atoms with Crippen molar-refractivity contribution < 1.29 is 15.1 Å². The SMILES string of the molecule is CCCCCC(O)C(CC(C)O)[N+](=O)[O-]. The number of aliphatic hydroxyl groups excluding tert-OH is 2. The van der Waals surface area contributed by atoms with Gasteiger partial charge >= 0.3 is 0 Å². The van der Waals surface area contributed by atoms with Gasteiger partial charge in [0.15, 0.2) is 0 Å². The molecule has 0 bridgehead atoms. The lowest BCUT2D eigenvalue weighted by Crippen LogP contribution is -2.36. The summed E-state index contributed by atoms with van der Waals surface area (Å²) in [7, 11) is 0. The average Bonchev–Trinajstić information content (AvgIpc) is 2.13. The van der Waals surface area contributed by atoms with Gasteiger partial charge in [-0.05, 0) is 13.3 Å². The molecule has 5 heteroatoms. The Kier molecular flexibility index (Phi) is 7.25. The van der Waals surface area contributed by atoms with Gasteiger partial charge in [0.05, 0.1) is 6.10 Å². The molecule has 2 N–H and O–H groups in total. The Morgan fingerprint density at radius 1 is 1.33 bits per heavy atom. The molecule has 0 radical (unpaired) electrons. The Morgan fingerprint density at radius 3 is 2.33 bits per heavy atom. The second-order valence-corrected chi connectivity index (χ2v) is 4.00. The lowest BCUT2D eigenvalue weighted by atomic mass is 10.00. The highest BCUT2D eigenvalue weighted by molar-refractivity contribution is 4.70. The van der Waals surface area contributed by atoms with Crippen molar-refractivity contribution in [2.75, 3.05) is 0 Å². The van der Waals surface area contributed by atoms with E-state index in [0.29, 0.717) is 6.42 Å². The van der Waals surface area contributed by atoms with Crippen molar-refractivity contribution in [1.82, 2.24) is 0 Å². The second kappa shape index (κ2) is 7.59. The quantitative estimate of drug-likeness (QED) is 0.366. The molecular formula is C10H21NO4. The molecule has 0 saturated carbocycles. The Bertz CT molecular complexity index is 184. The molecule has 0 rings (SSSR count). The molecule has 0 fully saturated rings. The van der Waals surface area contributed by atoms with Crippen LogP contribution in [0.2, 0.25) is 0 Å². The van der Waals surface area contributed by atoms with Gasteiger partial charge < -0.3 is 10.2 Å². The van der Waals surface area contributed by atoms with Crippen LogP contribution in [0.3, 0.4) is 0 Å². The van der Waals surface area contributed by atoms with Gasteiger partial charge in [0.1, 0.15) is 6.10 Å². The number of hydrogen-bond acceptors (Lipinski definition) is 4. The molecule has 0 aliphatic heterocycles. The van der Waals surface area contributed by atoms with Gasteiger partial charge in [0, 0.05) is 11.3 Å². The summed E-state index contributed by atoms with van der Waals surface area (Å²) in [4.78, 5) is 10.1. The molecule has 90 valence electrons. The first-order chi connectivity index (χ1) is 6.99. The van der Waals surface area contributed by atoms with E-state index in [-0.39, 0.29) is 6.42 Å². The van der Waals surface area contributed by atoms with Crippen LogP contribution >= 0.6 is 0 Å². The second-order valence-electron chi connectivity index (χ2n) is 4.00. The minimum Gasteiger partial charge on any atom is -0.393 e. The van der Waals surface area contributed by atoms with E-state index < -0.39 is 23.2 Å². The van der Waals surface area contributed by atoms with Crippen molar-refractivity contribution in [3.8, 4) is 0 Å². The van der Waals surface area contributed by atoms with E-state index in [2.05, 4.69) is 0 Å². The van der Waals surface area contributed by atoms with E-state index in [1.54, 1.807) is 0 Å². The molecular weight excluding hydrogens is 198 g/mol. The molecule has 3 atom stereocenters. The number of nitro groups is 1. The normalized spacial score (nSPS) is 17.1. The maximum absolute atomic E-state index is 10.6. The summed E-state index contributed by atoms with van der Waals surface area (Å²) in [5, 5.41) is 29.3. The Hall–Kier alpha value is -0.680. The summed E-state index contributed by atoms with van der Waals surface area (Å²) < 4.78 is 0. The van der Waals surface area contributed by atoms with Crippen LogP contribution in [-0.4, -0.2) is 33.4 Å². The van der Waals surface area contributed by atoms with Crippen molar-refractivity contribution in [2.45, 2.75) is 64.2 Å². The summed E-state index contributed by atoms with van der Waals surface area (Å²) >= 11 is 0. The number of rotatable bonds is 8. The van der Waals surface area contributed by atoms with Gasteiger partial charge in [-0.1, -0.05) is 26.2 Å². The third-order valence-corrected chi connectivity index (χ3v) is 2.40. The lowest BCUT2D eigenvalue weighted by molar-refractivity contribution is -0.537. The van der Waals surface area contributed by atoms with E-state index in [1.165, 1.54) is 6.92 Å². The topological polar surface area (TPSA) is 83.6 Å². The molecule has 0 aliphatic carbocycles. The zero-order valence-corrected chi connectivity index (χ0v) is 9.43. The molecule has 0 saturated heterocycles. The lowest BCUT2D eigenvalue weighted by Gasteiger charge is -2.16. The third-order valence-electron chi connectivity index (χ3n) is 2.40. The van der Waals surface area contributed by atoms with Crippen molar-refractivity contribution >= 4 is 0 Å². The van der Waals surface area contributed by atoms with E-state index >= 15 is 0 Å². The molecule has 5 nitrogen and oxygen atoms in total. The Morgan fingerprint density at radius 2 is 1.93 bits per heavy atom. The maximum Gasteiger partial charge on any atom is 0.241 e. The molecule has 0 aliphatic rings. The maximum atomic E-state index is 10.6. The monoisotopic (exact) mass is 219 g/mol. The highest BCUT2D eigenvalue weighted by Gasteiger charge is 2.30. The number of hydrogen-bond donors (Lipinski definition) is 2. The predicted molar refractivity (Wildman–Crippen MR) is 57.2 cm³/mol. The van der Waals surface area contributed by atoms with Crippen LogP contribution in [0.5, 0.6) is 0 Å². The highest BCUT2D eigenvalue weighted by atomic mass is 16.6. The minimum absolute atomic E-state index is 0.0142. The van der Waals surface area contributed by atoms with E-state index in [9.17, 15) is 15.2 Å². The first-order valence-electron chi connectivity index (χ1n) is 5.48. The Balaban J connectivity index is 4.05. The fraction of sp³-hybridized carbons (Fsp3) is 1.00. The smallest absolute Gasteiger partial charge is 0.241 e. The van der Waals surface area contributed by atoms with E-state index in [4.69, 9.17) is 5.11 Å². The summed E-state index contributed by atoms with van der Waals surface area (Å²) in [6, 6.07) is -1.04. The highest BCUT2D eigenvalue weighted by Crippen LogP contribution is 2.13. The van der Waals surface area contributed by atoms with Crippen molar-refractivity contribution in [3.05, 3.63) is 10.1 Å². The average molecular weight is 219 g/mol. The zero-order chi connectivity index (χ0) is 11.8. The van der Waals surface area contributed by atoms with Crippen LogP contribution in [0.25, 0.3) is 0 Å². The van der Waals surface area contributed by atoms with Crippen molar-refractivity contribution in [3.63, 3.8) is 0 Å². The van der Waals surface area contributed by atoms with Crippen molar-refractivity contribution in [1.29, 1.82) is 0 Å². The van der Waals surface area contributed by atoms with E-state index in [0.717, 1.165) is 19.3 Å². The third kappa shape index (κ3) is 6.41. The molecule has 0 heterocycles. The van der Waals surface area contributed by atoms with Gasteiger partial charge in [0.25, 0.3) is 0 Å². The summed E-state index contributed by atoms with van der Waals surface area (Å²) in [5.41, 5.74) is 0. The number of unbranched alkanes of at least 4 members (excludes halogenated alkanes) is 2. The van der Waals surface area contributed by atoms with Crippen LogP contribution < -0.4 is 0 Å². The van der Waals surface area contributed by atoms with Gasteiger partial charge in [-0.25, -0.2) is 0 Å². The number of aliphatic hydroxyl groups is 2. The van der Waals surface area contributed by atoms with Crippen LogP contribution in [-0.2, 0) is 0 Å². The molecule has 0 aromatic carbocycles. The van der Waals surface area contributed by atoms with E-state index in [1.807, 2.05) is 6.92 Å². The largest absolute Gasteiger partial charge is 0.393 e. The summed E-state index contributed by atoms with van der Waals surface area (Å²) in [5.74, 6) is 0. The van der Waals surface area contributed by atoms with Gasteiger partial charge in [0.2, 0.25) is 6.04 Å². The Labute approximate surface area is 90.3 Å². The van der Waals surface area contributed by atoms with Crippen molar-refractivity contribution in [2.24, 2.45) is 0 Å². The molecule has 0 aromatic heterocycles. The summed E-state index contributed by atoms with van der Waals surface area (Å²) in [6.07, 6.45) is 1.54. The van der Waals surface area contributed by atoms with Gasteiger partial charge in [-0.3, -0.25) is 10.1 Å². The standard InChI is InChI=1S/C10H21NO4/c1-3-4-5-6-10(13)9(11(14)15)7-8(2)12/h8-10,12-13H,3-7H2,1-2H3.